The van der Waals surface area contributed by atoms with Gasteiger partial charge in [0.1, 0.15) is 5.75 Å². The summed E-state index contributed by atoms with van der Waals surface area (Å²) in [7, 11) is -1.93. The van der Waals surface area contributed by atoms with Crippen molar-refractivity contribution < 1.29 is 17.9 Å². The molecule has 8 heteroatoms. The van der Waals surface area contributed by atoms with Crippen LogP contribution in [0.4, 0.5) is 0 Å². The van der Waals surface area contributed by atoms with Crippen molar-refractivity contribution in [3.8, 4) is 5.75 Å². The quantitative estimate of drug-likeness (QED) is 0.635. The molecule has 6 nitrogen and oxygen atoms in total. The zero-order valence-electron chi connectivity index (χ0n) is 16.4. The number of hydrogen-bond donors (Lipinski definition) is 1. The second kappa shape index (κ2) is 9.54. The topological polar surface area (TPSA) is 75.7 Å². The number of carbonyl (C=O) groups excluding carboxylic acids is 1. The summed E-state index contributed by atoms with van der Waals surface area (Å²) in [6.07, 6.45) is 0. The maximum atomic E-state index is 12.6. The minimum absolute atomic E-state index is 0.226. The first-order chi connectivity index (χ1) is 13.2. The molecule has 2 aromatic carbocycles. The Bertz CT molecular complexity index is 926. The van der Waals surface area contributed by atoms with Crippen LogP contribution in [0.25, 0.3) is 0 Å². The van der Waals surface area contributed by atoms with Gasteiger partial charge in [-0.05, 0) is 58.7 Å². The Morgan fingerprint density at radius 3 is 2.25 bits per heavy atom. The summed E-state index contributed by atoms with van der Waals surface area (Å²) in [5, 5.41) is 2.92. The number of halogens is 1. The number of methoxy groups -OCH3 is 1. The second-order valence-electron chi connectivity index (χ2n) is 6.20. The first kappa shape index (κ1) is 22.4. The molecule has 28 heavy (non-hydrogen) atoms. The van der Waals surface area contributed by atoms with Crippen molar-refractivity contribution in [2.45, 2.75) is 31.7 Å². The molecule has 0 aromatic heterocycles. The fourth-order valence-corrected chi connectivity index (χ4v) is 4.81. The van der Waals surface area contributed by atoms with Crippen LogP contribution in [0, 0.1) is 0 Å². The van der Waals surface area contributed by atoms with E-state index in [4.69, 9.17) is 4.74 Å². The van der Waals surface area contributed by atoms with Gasteiger partial charge in [-0.15, -0.1) is 0 Å². The zero-order valence-corrected chi connectivity index (χ0v) is 18.8. The van der Waals surface area contributed by atoms with E-state index in [-0.39, 0.29) is 16.8 Å². The number of amides is 1. The van der Waals surface area contributed by atoms with Gasteiger partial charge >= 0.3 is 0 Å². The van der Waals surface area contributed by atoms with Crippen molar-refractivity contribution in [2.24, 2.45) is 0 Å². The standard InChI is InChI=1S/C20H25BrN2O4S/c1-5-23(6-2)28(25,26)17-10-7-15(8-11-17)14(3)22-20(24)16-9-12-19(27-4)18(21)13-16/h7-14H,5-6H2,1-4H3,(H,22,24). The average Bonchev–Trinajstić information content (AvgIpc) is 2.68. The predicted molar refractivity (Wildman–Crippen MR) is 113 cm³/mol. The minimum atomic E-state index is -3.49. The predicted octanol–water partition coefficient (Wildman–Crippen LogP) is 3.98. The summed E-state index contributed by atoms with van der Waals surface area (Å²) in [5.41, 5.74) is 1.32. The molecule has 0 aliphatic rings. The molecule has 0 aliphatic heterocycles. The van der Waals surface area contributed by atoms with Crippen LogP contribution >= 0.6 is 15.9 Å². The molecule has 1 unspecified atom stereocenters. The zero-order chi connectivity index (χ0) is 20.9. The highest BCUT2D eigenvalue weighted by Crippen LogP contribution is 2.26. The van der Waals surface area contributed by atoms with Gasteiger partial charge in [0, 0.05) is 18.7 Å². The van der Waals surface area contributed by atoms with Crippen molar-refractivity contribution in [1.29, 1.82) is 0 Å². The Balaban J connectivity index is 2.14. The summed E-state index contributed by atoms with van der Waals surface area (Å²) in [6, 6.07) is 11.4. The van der Waals surface area contributed by atoms with Gasteiger partial charge in [0.25, 0.3) is 5.91 Å². The maximum absolute atomic E-state index is 12.6. The number of hydrogen-bond acceptors (Lipinski definition) is 4. The van der Waals surface area contributed by atoms with Gasteiger partial charge in [-0.3, -0.25) is 4.79 Å². The van der Waals surface area contributed by atoms with Crippen molar-refractivity contribution >= 4 is 31.9 Å². The van der Waals surface area contributed by atoms with E-state index < -0.39 is 10.0 Å². The molecule has 152 valence electrons. The molecule has 1 N–H and O–H groups in total. The highest BCUT2D eigenvalue weighted by atomic mass is 79.9. The van der Waals surface area contributed by atoms with Gasteiger partial charge in [-0.2, -0.15) is 4.31 Å². The van der Waals surface area contributed by atoms with Crippen LogP contribution in [-0.4, -0.2) is 38.8 Å². The number of carbonyl (C=O) groups is 1. The Labute approximate surface area is 175 Å². The fraction of sp³-hybridized carbons (Fsp3) is 0.350. The number of nitrogens with zero attached hydrogens (tertiary/aromatic N) is 1. The molecule has 0 bridgehead atoms. The molecule has 0 saturated heterocycles. The van der Waals surface area contributed by atoms with Gasteiger partial charge in [0.15, 0.2) is 0 Å². The van der Waals surface area contributed by atoms with E-state index >= 15 is 0 Å². The highest BCUT2D eigenvalue weighted by molar-refractivity contribution is 9.10. The van der Waals surface area contributed by atoms with E-state index in [2.05, 4.69) is 21.2 Å². The van der Waals surface area contributed by atoms with Gasteiger partial charge in [0.05, 0.1) is 22.5 Å². The summed E-state index contributed by atoms with van der Waals surface area (Å²) in [5.74, 6) is 0.422. The molecule has 2 aromatic rings. The lowest BCUT2D eigenvalue weighted by atomic mass is 10.1. The number of nitrogens with one attached hydrogen (secondary N) is 1. The SMILES string of the molecule is CCN(CC)S(=O)(=O)c1ccc(C(C)NC(=O)c2ccc(OC)c(Br)c2)cc1. The third kappa shape index (κ3) is 4.92. The lowest BCUT2D eigenvalue weighted by Gasteiger charge is -2.19. The number of sulfonamides is 1. The van der Waals surface area contributed by atoms with Crippen molar-refractivity contribution in [3.63, 3.8) is 0 Å². The number of rotatable bonds is 8. The minimum Gasteiger partial charge on any atom is -0.496 e. The van der Waals surface area contributed by atoms with E-state index in [0.29, 0.717) is 28.9 Å². The van der Waals surface area contributed by atoms with Gasteiger partial charge in [0.2, 0.25) is 10.0 Å². The van der Waals surface area contributed by atoms with Crippen LogP contribution in [0.15, 0.2) is 51.8 Å². The first-order valence-corrected chi connectivity index (χ1v) is 11.2. The van der Waals surface area contributed by atoms with Crippen molar-refractivity contribution in [3.05, 3.63) is 58.1 Å². The molecular weight excluding hydrogens is 444 g/mol. The molecule has 0 heterocycles. The van der Waals surface area contributed by atoms with Crippen LogP contribution in [0.3, 0.4) is 0 Å². The van der Waals surface area contributed by atoms with E-state index in [1.54, 1.807) is 49.6 Å². The molecule has 0 aliphatic carbocycles. The summed E-state index contributed by atoms with van der Waals surface area (Å²) in [6.45, 7) is 6.31. The van der Waals surface area contributed by atoms with E-state index in [1.807, 2.05) is 20.8 Å². The van der Waals surface area contributed by atoms with Crippen molar-refractivity contribution in [1.82, 2.24) is 9.62 Å². The highest BCUT2D eigenvalue weighted by Gasteiger charge is 2.22. The Kier molecular flexibility index (Phi) is 7.63. The largest absolute Gasteiger partial charge is 0.496 e. The average molecular weight is 469 g/mol. The lowest BCUT2D eigenvalue weighted by molar-refractivity contribution is 0.0939. The molecule has 0 fully saturated rings. The molecule has 1 atom stereocenters. The molecule has 1 amide bonds. The monoisotopic (exact) mass is 468 g/mol. The molecular formula is C20H25BrN2O4S. The van der Waals surface area contributed by atoms with Crippen LogP contribution < -0.4 is 10.1 Å². The normalized spacial score (nSPS) is 12.6. The van der Waals surface area contributed by atoms with Crippen molar-refractivity contribution in [2.75, 3.05) is 20.2 Å². The Morgan fingerprint density at radius 1 is 1.14 bits per heavy atom. The smallest absolute Gasteiger partial charge is 0.251 e. The van der Waals surface area contributed by atoms with Gasteiger partial charge < -0.3 is 10.1 Å². The molecule has 2 rings (SSSR count). The third-order valence-electron chi connectivity index (χ3n) is 4.48. The van der Waals surface area contributed by atoms with Crippen LogP contribution in [0.5, 0.6) is 5.75 Å². The Hall–Kier alpha value is -1.90. The van der Waals surface area contributed by atoms with E-state index in [9.17, 15) is 13.2 Å². The van der Waals surface area contributed by atoms with Gasteiger partial charge in [-0.1, -0.05) is 26.0 Å². The van der Waals surface area contributed by atoms with Crippen LogP contribution in [0.2, 0.25) is 0 Å². The van der Waals surface area contributed by atoms with Crippen LogP contribution in [0.1, 0.15) is 42.7 Å². The van der Waals surface area contributed by atoms with E-state index in [1.165, 1.54) is 4.31 Å². The van der Waals surface area contributed by atoms with E-state index in [0.717, 1.165) is 5.56 Å². The number of benzene rings is 2. The number of ether oxygens (including phenoxy) is 1. The maximum Gasteiger partial charge on any atom is 0.251 e. The summed E-state index contributed by atoms with van der Waals surface area (Å²) in [4.78, 5) is 12.7. The fourth-order valence-electron chi connectivity index (χ4n) is 2.81. The first-order valence-electron chi connectivity index (χ1n) is 8.99. The molecule has 0 radical (unpaired) electrons. The lowest BCUT2D eigenvalue weighted by Crippen LogP contribution is -2.30. The third-order valence-corrected chi connectivity index (χ3v) is 7.17. The van der Waals surface area contributed by atoms with Gasteiger partial charge in [-0.25, -0.2) is 8.42 Å². The summed E-state index contributed by atoms with van der Waals surface area (Å²) < 4.78 is 32.4. The summed E-state index contributed by atoms with van der Waals surface area (Å²) >= 11 is 3.37. The second-order valence-corrected chi connectivity index (χ2v) is 9.00. The molecule has 0 saturated carbocycles. The Morgan fingerprint density at radius 2 is 1.75 bits per heavy atom. The van der Waals surface area contributed by atoms with Crippen LogP contribution in [-0.2, 0) is 10.0 Å². The molecule has 0 spiro atoms.